The predicted molar refractivity (Wildman–Crippen MR) is 119 cm³/mol. The van der Waals surface area contributed by atoms with E-state index < -0.39 is 5.41 Å². The van der Waals surface area contributed by atoms with Crippen molar-refractivity contribution in [3.63, 3.8) is 0 Å². The molecule has 1 aromatic carbocycles. The predicted octanol–water partition coefficient (Wildman–Crippen LogP) is 5.06. The number of nitrogens with zero attached hydrogens (tertiary/aromatic N) is 1. The van der Waals surface area contributed by atoms with E-state index in [-0.39, 0.29) is 5.91 Å². The second-order valence-electron chi connectivity index (χ2n) is 7.92. The summed E-state index contributed by atoms with van der Waals surface area (Å²) in [5.74, 6) is 0.806. The fourth-order valence-electron chi connectivity index (χ4n) is 2.45. The maximum absolute atomic E-state index is 12.4. The lowest BCUT2D eigenvalue weighted by atomic mass is 9.95. The number of unbranched alkanes of at least 4 members (excludes halogenated alkanes) is 1. The van der Waals surface area contributed by atoms with Crippen LogP contribution in [-0.2, 0) is 20.9 Å². The molecule has 6 heteroatoms. The van der Waals surface area contributed by atoms with Crippen LogP contribution in [0.1, 0.15) is 44.7 Å². The van der Waals surface area contributed by atoms with Gasteiger partial charge in [0.25, 0.3) is 0 Å². The Bertz CT molecular complexity index is 814. The molecule has 2 rings (SSSR count). The number of methoxy groups -OCH3 is 1. The molecule has 30 heavy (non-hydrogen) atoms. The van der Waals surface area contributed by atoms with Crippen LogP contribution in [0.2, 0.25) is 0 Å². The van der Waals surface area contributed by atoms with E-state index in [4.69, 9.17) is 14.2 Å². The van der Waals surface area contributed by atoms with Crippen LogP contribution in [0, 0.1) is 5.41 Å². The Morgan fingerprint density at radius 1 is 1.07 bits per heavy atom. The summed E-state index contributed by atoms with van der Waals surface area (Å²) in [5, 5.41) is 2.88. The second-order valence-corrected chi connectivity index (χ2v) is 7.92. The molecular weight excluding hydrogens is 380 g/mol. The summed E-state index contributed by atoms with van der Waals surface area (Å²) in [6.45, 7) is 7.39. The Balaban J connectivity index is 1.82. The minimum Gasteiger partial charge on any atom is -0.504 e. The zero-order valence-electron chi connectivity index (χ0n) is 18.3. The quantitative estimate of drug-likeness (QED) is 0.413. The number of anilines is 1. The highest BCUT2D eigenvalue weighted by Gasteiger charge is 2.22. The molecule has 1 N–H and O–H groups in total. The molecule has 0 saturated heterocycles. The number of nitrogens with one attached hydrogen (secondary N) is 1. The van der Waals surface area contributed by atoms with Gasteiger partial charge in [0.2, 0.25) is 11.8 Å². The molecule has 0 fully saturated rings. The molecule has 0 aliphatic heterocycles. The molecule has 1 amide bonds. The van der Waals surface area contributed by atoms with Crippen LogP contribution in [0.15, 0.2) is 48.7 Å². The largest absolute Gasteiger partial charge is 0.504 e. The molecule has 0 aliphatic rings. The van der Waals surface area contributed by atoms with Crippen molar-refractivity contribution in [2.45, 2.75) is 40.2 Å². The summed E-state index contributed by atoms with van der Waals surface area (Å²) in [5.41, 5.74) is 1.39. The Morgan fingerprint density at radius 2 is 1.80 bits per heavy atom. The number of carbonyl (C=O) groups excluding carboxylic acids is 1. The minimum absolute atomic E-state index is 0.116. The van der Waals surface area contributed by atoms with Gasteiger partial charge in [-0.2, -0.15) is 4.98 Å². The molecule has 2 aromatic rings. The van der Waals surface area contributed by atoms with E-state index in [1.165, 1.54) is 5.56 Å². The van der Waals surface area contributed by atoms with Gasteiger partial charge in [0.05, 0.1) is 26.6 Å². The van der Waals surface area contributed by atoms with Crippen molar-refractivity contribution < 1.29 is 19.0 Å². The molecule has 0 atom stereocenters. The Hall–Kier alpha value is -2.86. The molecule has 0 spiro atoms. The molecule has 0 radical (unpaired) electrons. The van der Waals surface area contributed by atoms with Gasteiger partial charge in [-0.25, -0.2) is 0 Å². The van der Waals surface area contributed by atoms with Crippen molar-refractivity contribution in [3.05, 3.63) is 59.9 Å². The summed E-state index contributed by atoms with van der Waals surface area (Å²) in [7, 11) is 1.57. The van der Waals surface area contributed by atoms with E-state index in [0.29, 0.717) is 31.5 Å². The van der Waals surface area contributed by atoms with Crippen molar-refractivity contribution in [1.29, 1.82) is 0 Å². The molecule has 162 valence electrons. The van der Waals surface area contributed by atoms with Crippen molar-refractivity contribution >= 4 is 17.8 Å². The maximum atomic E-state index is 12.4. The fraction of sp³-hybridized carbons (Fsp3) is 0.417. The number of ether oxygens (including phenoxy) is 3. The van der Waals surface area contributed by atoms with Gasteiger partial charge in [0, 0.05) is 23.7 Å². The highest BCUT2D eigenvalue weighted by Crippen LogP contribution is 2.23. The van der Waals surface area contributed by atoms with Gasteiger partial charge in [-0.1, -0.05) is 51.1 Å². The van der Waals surface area contributed by atoms with Gasteiger partial charge in [-0.15, -0.1) is 0 Å². The van der Waals surface area contributed by atoms with Gasteiger partial charge in [0.15, 0.2) is 0 Å². The minimum atomic E-state index is -0.527. The number of aromatic nitrogens is 1. The topological polar surface area (TPSA) is 69.7 Å². The van der Waals surface area contributed by atoms with Crippen LogP contribution in [0.5, 0.6) is 5.88 Å². The lowest BCUT2D eigenvalue weighted by Gasteiger charge is -2.18. The van der Waals surface area contributed by atoms with Crippen molar-refractivity contribution in [1.82, 2.24) is 4.98 Å². The van der Waals surface area contributed by atoms with E-state index >= 15 is 0 Å². The number of amides is 1. The van der Waals surface area contributed by atoms with E-state index in [1.54, 1.807) is 25.5 Å². The summed E-state index contributed by atoms with van der Waals surface area (Å²) in [6, 6.07) is 13.7. The Morgan fingerprint density at radius 3 is 2.50 bits per heavy atom. The standard InChI is InChI=1S/C24H32N2O4/c1-24(2,3)23(27)26-22-20(14-17-28-4)12-13-21(25-22)30-16-9-8-15-29-18-19-10-6-5-7-11-19/h5-7,10-14,17H,8-9,15-16,18H2,1-4H3,(H,25,26,27)/b17-14+. The lowest BCUT2D eigenvalue weighted by Crippen LogP contribution is -2.28. The lowest BCUT2D eigenvalue weighted by molar-refractivity contribution is -0.123. The zero-order chi connectivity index (χ0) is 21.8. The average molecular weight is 413 g/mol. The van der Waals surface area contributed by atoms with Crippen LogP contribution in [0.25, 0.3) is 6.08 Å². The Labute approximate surface area is 179 Å². The van der Waals surface area contributed by atoms with Crippen LogP contribution in [-0.4, -0.2) is 31.2 Å². The number of carbonyl (C=O) groups is 1. The molecule has 0 bridgehead atoms. The number of hydrogen-bond acceptors (Lipinski definition) is 5. The van der Waals surface area contributed by atoms with Gasteiger partial charge in [-0.3, -0.25) is 4.79 Å². The molecule has 1 heterocycles. The number of benzene rings is 1. The fourth-order valence-corrected chi connectivity index (χ4v) is 2.45. The van der Waals surface area contributed by atoms with Crippen LogP contribution >= 0.6 is 0 Å². The first kappa shape index (κ1) is 23.4. The summed E-state index contributed by atoms with van der Waals surface area (Å²) < 4.78 is 16.4. The smallest absolute Gasteiger partial charge is 0.230 e. The molecular formula is C24H32N2O4. The van der Waals surface area contributed by atoms with E-state index in [0.717, 1.165) is 18.4 Å². The molecule has 1 aromatic heterocycles. The molecule has 0 saturated carbocycles. The van der Waals surface area contributed by atoms with Gasteiger partial charge in [-0.05, 0) is 30.5 Å². The third-order valence-corrected chi connectivity index (χ3v) is 4.24. The number of rotatable bonds is 11. The first-order valence-corrected chi connectivity index (χ1v) is 10.2. The normalized spacial score (nSPS) is 11.5. The molecule has 6 nitrogen and oxygen atoms in total. The zero-order valence-corrected chi connectivity index (χ0v) is 18.3. The first-order chi connectivity index (χ1) is 14.4. The Kier molecular flexibility index (Phi) is 9.35. The monoisotopic (exact) mass is 412 g/mol. The van der Waals surface area contributed by atoms with E-state index in [1.807, 2.05) is 45.0 Å². The summed E-state index contributed by atoms with van der Waals surface area (Å²) >= 11 is 0. The van der Waals surface area contributed by atoms with Crippen molar-refractivity contribution in [3.8, 4) is 5.88 Å². The third kappa shape index (κ3) is 8.25. The maximum Gasteiger partial charge on any atom is 0.230 e. The van der Waals surface area contributed by atoms with Gasteiger partial charge < -0.3 is 19.5 Å². The number of pyridine rings is 1. The highest BCUT2D eigenvalue weighted by molar-refractivity contribution is 5.95. The van der Waals surface area contributed by atoms with E-state index in [9.17, 15) is 4.79 Å². The first-order valence-electron chi connectivity index (χ1n) is 10.2. The van der Waals surface area contributed by atoms with Crippen LogP contribution in [0.3, 0.4) is 0 Å². The van der Waals surface area contributed by atoms with Crippen LogP contribution in [0.4, 0.5) is 5.82 Å². The SMILES string of the molecule is CO/C=C/c1ccc(OCCCCOCc2ccccc2)nc1NC(=O)C(C)(C)C. The second kappa shape index (κ2) is 12.0. The van der Waals surface area contributed by atoms with Gasteiger partial charge >= 0.3 is 0 Å². The number of hydrogen-bond donors (Lipinski definition) is 1. The molecule has 0 aliphatic carbocycles. The van der Waals surface area contributed by atoms with Crippen LogP contribution < -0.4 is 10.1 Å². The van der Waals surface area contributed by atoms with Gasteiger partial charge in [0.1, 0.15) is 5.82 Å². The molecule has 0 unspecified atom stereocenters. The average Bonchev–Trinajstić information content (AvgIpc) is 2.72. The summed E-state index contributed by atoms with van der Waals surface area (Å²) in [6.07, 6.45) is 5.04. The van der Waals surface area contributed by atoms with E-state index in [2.05, 4.69) is 22.4 Å². The van der Waals surface area contributed by atoms with Crippen molar-refractivity contribution in [2.75, 3.05) is 25.6 Å². The third-order valence-electron chi connectivity index (χ3n) is 4.24. The highest BCUT2D eigenvalue weighted by atomic mass is 16.5. The summed E-state index contributed by atoms with van der Waals surface area (Å²) in [4.78, 5) is 16.8. The van der Waals surface area contributed by atoms with Crippen molar-refractivity contribution in [2.24, 2.45) is 5.41 Å².